The molecule has 0 saturated heterocycles. The maximum absolute atomic E-state index is 13.1. The Morgan fingerprint density at radius 3 is 2.36 bits per heavy atom. The highest BCUT2D eigenvalue weighted by Crippen LogP contribution is 2.37. The predicted octanol–water partition coefficient (Wildman–Crippen LogP) is 4.66. The summed E-state index contributed by atoms with van der Waals surface area (Å²) < 4.78 is 28.5. The van der Waals surface area contributed by atoms with E-state index >= 15 is 0 Å². The minimum absolute atomic E-state index is 0.230. The van der Waals surface area contributed by atoms with Gasteiger partial charge in [-0.2, -0.15) is 17.9 Å². The highest BCUT2D eigenvalue weighted by molar-refractivity contribution is 9.10. The number of nitrogens with zero attached hydrogens (tertiary/aromatic N) is 2. The molecular formula is C19H21BrN2O2S. The summed E-state index contributed by atoms with van der Waals surface area (Å²) in [5.41, 5.74) is 1.49. The van der Waals surface area contributed by atoms with Crippen molar-refractivity contribution in [1.29, 1.82) is 0 Å². The van der Waals surface area contributed by atoms with Crippen molar-refractivity contribution in [2.24, 2.45) is 10.5 Å². The third kappa shape index (κ3) is 3.65. The lowest BCUT2D eigenvalue weighted by molar-refractivity contribution is 0.203. The van der Waals surface area contributed by atoms with Gasteiger partial charge in [0.15, 0.2) is 0 Å². The second-order valence-corrected chi connectivity index (χ2v) is 9.94. The molecule has 132 valence electrons. The van der Waals surface area contributed by atoms with Gasteiger partial charge in [-0.3, -0.25) is 0 Å². The van der Waals surface area contributed by atoms with Gasteiger partial charge in [-0.15, -0.1) is 0 Å². The number of rotatable bonds is 3. The maximum atomic E-state index is 13.1. The maximum Gasteiger partial charge on any atom is 0.279 e. The normalized spacial score (nSPS) is 18.3. The van der Waals surface area contributed by atoms with Gasteiger partial charge in [0.1, 0.15) is 0 Å². The Labute approximate surface area is 157 Å². The van der Waals surface area contributed by atoms with Crippen LogP contribution < -0.4 is 0 Å². The molecule has 4 nitrogen and oxygen atoms in total. The lowest BCUT2D eigenvalue weighted by Gasteiger charge is -2.33. The predicted molar refractivity (Wildman–Crippen MR) is 104 cm³/mol. The molecule has 1 aliphatic heterocycles. The minimum Gasteiger partial charge on any atom is -0.200 e. The highest BCUT2D eigenvalue weighted by Gasteiger charge is 2.42. The fraction of sp³-hybridized carbons (Fsp3) is 0.316. The minimum atomic E-state index is -3.69. The van der Waals surface area contributed by atoms with E-state index in [9.17, 15) is 8.42 Å². The molecule has 0 N–H and O–H groups in total. The number of hydrazone groups is 1. The van der Waals surface area contributed by atoms with E-state index in [1.165, 1.54) is 4.41 Å². The Kier molecular flexibility index (Phi) is 4.77. The number of sulfonamides is 1. The van der Waals surface area contributed by atoms with Crippen LogP contribution in [0.4, 0.5) is 0 Å². The van der Waals surface area contributed by atoms with E-state index in [0.29, 0.717) is 6.42 Å². The number of benzene rings is 2. The molecule has 2 aromatic carbocycles. The van der Waals surface area contributed by atoms with Gasteiger partial charge in [0.05, 0.1) is 16.6 Å². The summed E-state index contributed by atoms with van der Waals surface area (Å²) in [7, 11) is -3.69. The summed E-state index contributed by atoms with van der Waals surface area (Å²) in [4.78, 5) is 0.267. The largest absolute Gasteiger partial charge is 0.279 e. The Morgan fingerprint density at radius 2 is 1.76 bits per heavy atom. The van der Waals surface area contributed by atoms with Crippen molar-refractivity contribution in [3.05, 3.63) is 64.6 Å². The van der Waals surface area contributed by atoms with Gasteiger partial charge in [0, 0.05) is 10.9 Å². The Morgan fingerprint density at radius 1 is 1.08 bits per heavy atom. The van der Waals surface area contributed by atoms with Crippen LogP contribution in [0.1, 0.15) is 32.8 Å². The second-order valence-electron chi connectivity index (χ2n) is 7.23. The monoisotopic (exact) mass is 420 g/mol. The second kappa shape index (κ2) is 6.57. The molecule has 1 aliphatic rings. The Hall–Kier alpha value is -1.66. The molecule has 0 aromatic heterocycles. The molecule has 1 heterocycles. The molecule has 6 heteroatoms. The standard InChI is InChI=1S/C19H21BrN2O2S/c1-19(2,3)18-13-17(14-8-7-9-15(20)12-14)21-22(18)25(23,24)16-10-5-4-6-11-16/h4-12,18H,13H2,1-3H3. The first kappa shape index (κ1) is 18.1. The van der Waals surface area contributed by atoms with Crippen LogP contribution in [-0.4, -0.2) is 24.6 Å². The van der Waals surface area contributed by atoms with Crippen molar-refractivity contribution < 1.29 is 8.42 Å². The quantitative estimate of drug-likeness (QED) is 0.724. The third-order valence-corrected chi connectivity index (χ3v) is 6.51. The molecular weight excluding hydrogens is 400 g/mol. The molecule has 1 atom stereocenters. The zero-order valence-corrected chi connectivity index (χ0v) is 16.9. The van der Waals surface area contributed by atoms with Crippen molar-refractivity contribution in [3.63, 3.8) is 0 Å². The van der Waals surface area contributed by atoms with Crippen LogP contribution in [0.5, 0.6) is 0 Å². The van der Waals surface area contributed by atoms with Crippen molar-refractivity contribution in [3.8, 4) is 0 Å². The fourth-order valence-corrected chi connectivity index (χ4v) is 4.94. The lowest BCUT2D eigenvalue weighted by atomic mass is 9.84. The van der Waals surface area contributed by atoms with Crippen LogP contribution in [-0.2, 0) is 10.0 Å². The molecule has 1 unspecified atom stereocenters. The van der Waals surface area contributed by atoms with E-state index in [1.807, 2.05) is 45.0 Å². The molecule has 0 spiro atoms. The van der Waals surface area contributed by atoms with E-state index in [2.05, 4.69) is 21.0 Å². The summed E-state index contributed by atoms with van der Waals surface area (Å²) in [6.07, 6.45) is 0.589. The van der Waals surface area contributed by atoms with E-state index in [-0.39, 0.29) is 16.4 Å². The van der Waals surface area contributed by atoms with Crippen molar-refractivity contribution in [2.75, 3.05) is 0 Å². The van der Waals surface area contributed by atoms with E-state index in [4.69, 9.17) is 0 Å². The number of hydrogen-bond acceptors (Lipinski definition) is 3. The molecule has 25 heavy (non-hydrogen) atoms. The molecule has 0 saturated carbocycles. The highest BCUT2D eigenvalue weighted by atomic mass is 79.9. The van der Waals surface area contributed by atoms with Crippen LogP contribution in [0.15, 0.2) is 69.1 Å². The van der Waals surface area contributed by atoms with Crippen LogP contribution >= 0.6 is 15.9 Å². The van der Waals surface area contributed by atoms with Gasteiger partial charge < -0.3 is 0 Å². The van der Waals surface area contributed by atoms with Crippen molar-refractivity contribution >= 4 is 31.7 Å². The lowest BCUT2D eigenvalue weighted by Crippen LogP contribution is -2.41. The van der Waals surface area contributed by atoms with Gasteiger partial charge in [-0.25, -0.2) is 0 Å². The van der Waals surface area contributed by atoms with Gasteiger partial charge >= 0.3 is 0 Å². The van der Waals surface area contributed by atoms with Crippen molar-refractivity contribution in [1.82, 2.24) is 4.41 Å². The summed E-state index contributed by atoms with van der Waals surface area (Å²) in [5.74, 6) is 0. The van der Waals surface area contributed by atoms with Gasteiger partial charge in [0.2, 0.25) is 0 Å². The topological polar surface area (TPSA) is 49.7 Å². The first-order valence-electron chi connectivity index (χ1n) is 8.12. The smallest absolute Gasteiger partial charge is 0.200 e. The summed E-state index contributed by atoms with van der Waals surface area (Å²) in [5, 5.41) is 4.54. The Bertz CT molecular complexity index is 903. The SMILES string of the molecule is CC(C)(C)C1CC(c2cccc(Br)c2)=NN1S(=O)(=O)c1ccccc1. The first-order valence-corrected chi connectivity index (χ1v) is 10.4. The molecule has 0 amide bonds. The average Bonchev–Trinajstić information content (AvgIpc) is 3.02. The summed E-state index contributed by atoms with van der Waals surface area (Å²) >= 11 is 3.47. The zero-order valence-electron chi connectivity index (χ0n) is 14.5. The number of halogens is 1. The molecule has 0 radical (unpaired) electrons. The summed E-state index contributed by atoms with van der Waals surface area (Å²) in [6, 6.07) is 16.1. The summed E-state index contributed by atoms with van der Waals surface area (Å²) in [6.45, 7) is 6.14. The first-order chi connectivity index (χ1) is 11.7. The van der Waals surface area contributed by atoms with E-state index in [0.717, 1.165) is 15.7 Å². The molecule has 2 aromatic rings. The van der Waals surface area contributed by atoms with E-state index < -0.39 is 10.0 Å². The molecule has 0 fully saturated rings. The third-order valence-electron chi connectivity index (χ3n) is 4.32. The van der Waals surface area contributed by atoms with Crippen LogP contribution in [0, 0.1) is 5.41 Å². The van der Waals surface area contributed by atoms with E-state index in [1.54, 1.807) is 30.3 Å². The van der Waals surface area contributed by atoms with Gasteiger partial charge in [-0.05, 0) is 35.2 Å². The van der Waals surface area contributed by atoms with Crippen LogP contribution in [0.2, 0.25) is 0 Å². The number of hydrogen-bond donors (Lipinski definition) is 0. The Balaban J connectivity index is 2.07. The fourth-order valence-electron chi connectivity index (χ4n) is 2.89. The van der Waals surface area contributed by atoms with Crippen LogP contribution in [0.25, 0.3) is 0 Å². The van der Waals surface area contributed by atoms with Crippen molar-refractivity contribution in [2.45, 2.75) is 38.1 Å². The van der Waals surface area contributed by atoms with Crippen LogP contribution in [0.3, 0.4) is 0 Å². The molecule has 0 aliphatic carbocycles. The molecule has 3 rings (SSSR count). The average molecular weight is 421 g/mol. The zero-order chi connectivity index (χ0) is 18.2. The van der Waals surface area contributed by atoms with Gasteiger partial charge in [-0.1, -0.05) is 67.0 Å². The molecule has 0 bridgehead atoms. The van der Waals surface area contributed by atoms with Gasteiger partial charge in [0.25, 0.3) is 10.0 Å².